The van der Waals surface area contributed by atoms with Gasteiger partial charge in [-0.3, -0.25) is 9.59 Å². The van der Waals surface area contributed by atoms with Crippen molar-refractivity contribution in [2.45, 2.75) is 19.8 Å². The zero-order valence-corrected chi connectivity index (χ0v) is 16.5. The Hall–Kier alpha value is -3.02. The Kier molecular flexibility index (Phi) is 6.19. The second kappa shape index (κ2) is 8.78. The lowest BCUT2D eigenvalue weighted by molar-refractivity contribution is -0.126. The molecule has 2 amide bonds. The topological polar surface area (TPSA) is 67.9 Å². The summed E-state index contributed by atoms with van der Waals surface area (Å²) in [6.07, 6.45) is 0.984. The van der Waals surface area contributed by atoms with Crippen molar-refractivity contribution in [2.75, 3.05) is 32.2 Å². The number of rotatable bonds is 7. The highest BCUT2D eigenvalue weighted by Gasteiger charge is 2.35. The number of amides is 2. The normalized spacial score (nSPS) is 16.2. The van der Waals surface area contributed by atoms with Crippen LogP contribution in [0.3, 0.4) is 0 Å². The highest BCUT2D eigenvalue weighted by Crippen LogP contribution is 2.34. The van der Waals surface area contributed by atoms with E-state index in [1.807, 2.05) is 6.07 Å². The van der Waals surface area contributed by atoms with Crippen LogP contribution in [-0.2, 0) is 16.0 Å². The van der Waals surface area contributed by atoms with Crippen LogP contribution in [0.2, 0.25) is 0 Å². The molecule has 0 saturated carbocycles. The molecule has 6 nitrogen and oxygen atoms in total. The summed E-state index contributed by atoms with van der Waals surface area (Å²) in [5.74, 6) is 0.662. The maximum absolute atomic E-state index is 12.5. The van der Waals surface area contributed by atoms with Gasteiger partial charge in [-0.1, -0.05) is 29.8 Å². The van der Waals surface area contributed by atoms with Crippen LogP contribution in [-0.4, -0.2) is 39.1 Å². The molecular weight excluding hydrogens is 356 g/mol. The number of nitrogens with zero attached hydrogens (tertiary/aromatic N) is 1. The van der Waals surface area contributed by atoms with Crippen molar-refractivity contribution in [2.24, 2.45) is 5.92 Å². The summed E-state index contributed by atoms with van der Waals surface area (Å²) in [6.45, 7) is 2.98. The molecule has 1 N–H and O–H groups in total. The van der Waals surface area contributed by atoms with E-state index >= 15 is 0 Å². The number of ether oxygens (including phenoxy) is 2. The quantitative estimate of drug-likeness (QED) is 0.800. The molecule has 1 atom stereocenters. The molecule has 0 spiro atoms. The van der Waals surface area contributed by atoms with E-state index in [-0.39, 0.29) is 24.2 Å². The lowest BCUT2D eigenvalue weighted by Gasteiger charge is -2.18. The monoisotopic (exact) mass is 382 g/mol. The second-order valence-corrected chi connectivity index (χ2v) is 6.97. The minimum absolute atomic E-state index is 0.0638. The van der Waals surface area contributed by atoms with Gasteiger partial charge in [-0.05, 0) is 31.0 Å². The van der Waals surface area contributed by atoms with Gasteiger partial charge in [0.25, 0.3) is 0 Å². The summed E-state index contributed by atoms with van der Waals surface area (Å²) >= 11 is 0. The molecule has 0 radical (unpaired) electrons. The van der Waals surface area contributed by atoms with Gasteiger partial charge in [0, 0.05) is 31.3 Å². The van der Waals surface area contributed by atoms with E-state index in [2.05, 4.69) is 30.4 Å². The summed E-state index contributed by atoms with van der Waals surface area (Å²) < 4.78 is 10.5. The Morgan fingerprint density at radius 3 is 2.64 bits per heavy atom. The van der Waals surface area contributed by atoms with E-state index in [1.165, 1.54) is 11.1 Å². The molecule has 0 bridgehead atoms. The third-order valence-corrected chi connectivity index (χ3v) is 4.97. The first kappa shape index (κ1) is 19.7. The number of carbonyl (C=O) groups excluding carboxylic acids is 2. The smallest absolute Gasteiger partial charge is 0.227 e. The van der Waals surface area contributed by atoms with Crippen LogP contribution in [0, 0.1) is 12.8 Å². The average Bonchev–Trinajstić information content (AvgIpc) is 3.09. The van der Waals surface area contributed by atoms with Crippen LogP contribution >= 0.6 is 0 Å². The molecule has 0 aromatic heterocycles. The molecule has 2 aromatic rings. The van der Waals surface area contributed by atoms with Gasteiger partial charge in [0.1, 0.15) is 0 Å². The molecule has 1 heterocycles. The maximum atomic E-state index is 12.5. The number of methoxy groups -OCH3 is 2. The lowest BCUT2D eigenvalue weighted by Crippen LogP contribution is -2.34. The van der Waals surface area contributed by atoms with Crippen LogP contribution in [0.15, 0.2) is 42.5 Å². The molecule has 0 aliphatic carbocycles. The first-order valence-corrected chi connectivity index (χ1v) is 9.37. The first-order valence-electron chi connectivity index (χ1n) is 9.37. The number of hydrogen-bond donors (Lipinski definition) is 1. The van der Waals surface area contributed by atoms with Gasteiger partial charge >= 0.3 is 0 Å². The van der Waals surface area contributed by atoms with Gasteiger partial charge in [-0.15, -0.1) is 0 Å². The summed E-state index contributed by atoms with van der Waals surface area (Å²) in [5.41, 5.74) is 3.10. The zero-order chi connectivity index (χ0) is 20.1. The average molecular weight is 382 g/mol. The van der Waals surface area contributed by atoms with Crippen molar-refractivity contribution in [1.82, 2.24) is 5.32 Å². The van der Waals surface area contributed by atoms with E-state index < -0.39 is 0 Å². The van der Waals surface area contributed by atoms with E-state index in [0.29, 0.717) is 30.3 Å². The lowest BCUT2D eigenvalue weighted by atomic mass is 10.1. The summed E-state index contributed by atoms with van der Waals surface area (Å²) in [7, 11) is 3.12. The van der Waals surface area contributed by atoms with Crippen molar-refractivity contribution in [3.8, 4) is 11.5 Å². The second-order valence-electron chi connectivity index (χ2n) is 6.97. The zero-order valence-electron chi connectivity index (χ0n) is 16.5. The van der Waals surface area contributed by atoms with E-state index in [0.717, 1.165) is 6.42 Å². The van der Waals surface area contributed by atoms with E-state index in [4.69, 9.17) is 9.47 Å². The maximum Gasteiger partial charge on any atom is 0.227 e. The Morgan fingerprint density at radius 1 is 1.14 bits per heavy atom. The molecule has 28 heavy (non-hydrogen) atoms. The molecule has 148 valence electrons. The van der Waals surface area contributed by atoms with Gasteiger partial charge in [0.2, 0.25) is 11.8 Å². The third kappa shape index (κ3) is 4.44. The summed E-state index contributed by atoms with van der Waals surface area (Å²) in [4.78, 5) is 26.6. The molecule has 2 aromatic carbocycles. The van der Waals surface area contributed by atoms with Gasteiger partial charge < -0.3 is 19.7 Å². The number of nitrogens with one attached hydrogen (secondary N) is 1. The molecule has 1 unspecified atom stereocenters. The van der Waals surface area contributed by atoms with Crippen LogP contribution in [0.5, 0.6) is 11.5 Å². The Bertz CT molecular complexity index is 865. The largest absolute Gasteiger partial charge is 0.493 e. The van der Waals surface area contributed by atoms with Gasteiger partial charge in [-0.25, -0.2) is 0 Å². The van der Waals surface area contributed by atoms with Gasteiger partial charge in [0.15, 0.2) is 11.5 Å². The van der Waals surface area contributed by atoms with Gasteiger partial charge in [0.05, 0.1) is 20.1 Å². The van der Waals surface area contributed by atoms with Crippen molar-refractivity contribution in [3.63, 3.8) is 0 Å². The van der Waals surface area contributed by atoms with Gasteiger partial charge in [-0.2, -0.15) is 0 Å². The predicted molar refractivity (Wildman–Crippen MR) is 108 cm³/mol. The van der Waals surface area contributed by atoms with Crippen LogP contribution < -0.4 is 19.7 Å². The van der Waals surface area contributed by atoms with Crippen LogP contribution in [0.25, 0.3) is 0 Å². The number of aryl methyl sites for hydroxylation is 1. The van der Waals surface area contributed by atoms with Crippen molar-refractivity contribution in [1.29, 1.82) is 0 Å². The van der Waals surface area contributed by atoms with Crippen molar-refractivity contribution < 1.29 is 19.1 Å². The van der Waals surface area contributed by atoms with E-state index in [1.54, 1.807) is 37.3 Å². The Morgan fingerprint density at radius 2 is 1.93 bits per heavy atom. The molecule has 1 aliphatic rings. The van der Waals surface area contributed by atoms with Crippen LogP contribution in [0.1, 0.15) is 17.5 Å². The highest BCUT2D eigenvalue weighted by atomic mass is 16.5. The third-order valence-electron chi connectivity index (χ3n) is 4.97. The standard InChI is InChI=1S/C22H26N2O4/c1-15-5-4-6-16(11-15)9-10-23-22(26)17-12-21(25)24(14-17)18-7-8-19(27-2)20(13-18)28-3/h4-8,11,13,17H,9-10,12,14H2,1-3H3,(H,23,26). The molecule has 1 saturated heterocycles. The SMILES string of the molecule is COc1ccc(N2CC(C(=O)NCCc3cccc(C)c3)CC2=O)cc1OC. The predicted octanol–water partition coefficient (Wildman–Crippen LogP) is 2.72. The minimum atomic E-state index is -0.349. The fourth-order valence-corrected chi connectivity index (χ4v) is 3.47. The van der Waals surface area contributed by atoms with Crippen molar-refractivity contribution >= 4 is 17.5 Å². The summed E-state index contributed by atoms with van der Waals surface area (Å²) in [5, 5.41) is 2.96. The summed E-state index contributed by atoms with van der Waals surface area (Å²) in [6, 6.07) is 13.6. The molecule has 6 heteroatoms. The fourth-order valence-electron chi connectivity index (χ4n) is 3.47. The van der Waals surface area contributed by atoms with Crippen molar-refractivity contribution in [3.05, 3.63) is 53.6 Å². The molecule has 1 aliphatic heterocycles. The number of carbonyl (C=O) groups is 2. The highest BCUT2D eigenvalue weighted by molar-refractivity contribution is 6.00. The van der Waals surface area contributed by atoms with E-state index in [9.17, 15) is 9.59 Å². The van der Waals surface area contributed by atoms with Crippen LogP contribution in [0.4, 0.5) is 5.69 Å². The fraction of sp³-hybridized carbons (Fsp3) is 0.364. The Balaban J connectivity index is 1.58. The molecule has 3 rings (SSSR count). The molecule has 1 fully saturated rings. The first-order chi connectivity index (χ1) is 13.5. The Labute approximate surface area is 165 Å². The molecular formula is C22H26N2O4. The number of anilines is 1. The minimum Gasteiger partial charge on any atom is -0.493 e. The number of hydrogen-bond acceptors (Lipinski definition) is 4. The number of benzene rings is 2.